The third-order valence-electron chi connectivity index (χ3n) is 8.85. The number of ether oxygens (including phenoxy) is 2. The number of halogens is 6. The van der Waals surface area contributed by atoms with E-state index >= 15 is 26.3 Å². The number of hydrogen-bond donors (Lipinski definition) is 2. The normalized spacial score (nSPS) is 19.5. The molecule has 48 heavy (non-hydrogen) atoms. The highest BCUT2D eigenvalue weighted by atomic mass is 19.4. The van der Waals surface area contributed by atoms with Crippen molar-refractivity contribution in [2.24, 2.45) is 0 Å². The Kier molecular flexibility index (Phi) is 6.66. The lowest BCUT2D eigenvalue weighted by Crippen LogP contribution is -2.49. The Labute approximate surface area is 267 Å². The molecule has 12 heteroatoms. The van der Waals surface area contributed by atoms with Crippen molar-refractivity contribution >= 4 is 11.9 Å². The van der Waals surface area contributed by atoms with Gasteiger partial charge in [0.25, 0.3) is 0 Å². The quantitative estimate of drug-likeness (QED) is 0.187. The van der Waals surface area contributed by atoms with E-state index in [0.717, 1.165) is 72.8 Å². The van der Waals surface area contributed by atoms with Gasteiger partial charge < -0.3 is 19.7 Å². The molecule has 2 unspecified atom stereocenters. The lowest BCUT2D eigenvalue weighted by molar-refractivity contribution is -0.169. The average Bonchev–Trinajstić information content (AvgIpc) is 3.04. The highest BCUT2D eigenvalue weighted by molar-refractivity contribution is 5.90. The summed E-state index contributed by atoms with van der Waals surface area (Å²) in [6, 6.07) is 20.4. The van der Waals surface area contributed by atoms with Crippen molar-refractivity contribution in [3.63, 3.8) is 0 Å². The molecular weight excluding hydrogens is 642 g/mol. The number of benzene rings is 5. The van der Waals surface area contributed by atoms with Gasteiger partial charge in [0.05, 0.1) is 11.1 Å². The SMILES string of the molecule is O=C(O)c1ccc2c(c1)C(c1ccccc1)(C(F)(F)F)c1cc3c(cc1O2)Oc1ccc(C(=O)O)cc1C3(c1ccccc1)C(F)(F)F. The first kappa shape index (κ1) is 30.9. The van der Waals surface area contributed by atoms with Crippen LogP contribution in [-0.2, 0) is 10.8 Å². The molecule has 2 atom stereocenters. The first-order valence-electron chi connectivity index (χ1n) is 14.3. The van der Waals surface area contributed by atoms with Gasteiger partial charge in [0.2, 0.25) is 0 Å². The summed E-state index contributed by atoms with van der Waals surface area (Å²) < 4.78 is 108. The van der Waals surface area contributed by atoms with Crippen molar-refractivity contribution in [2.75, 3.05) is 0 Å². The van der Waals surface area contributed by atoms with E-state index in [1.54, 1.807) is 0 Å². The van der Waals surface area contributed by atoms with Gasteiger partial charge in [0.15, 0.2) is 0 Å². The second-order valence-electron chi connectivity index (χ2n) is 11.3. The highest BCUT2D eigenvalue weighted by Gasteiger charge is 2.66. The van der Waals surface area contributed by atoms with E-state index < -0.39 is 91.1 Å². The van der Waals surface area contributed by atoms with Gasteiger partial charge in [-0.05, 0) is 53.6 Å². The van der Waals surface area contributed by atoms with Gasteiger partial charge in [0.1, 0.15) is 33.8 Å². The maximum atomic E-state index is 16.0. The molecule has 0 saturated carbocycles. The zero-order chi connectivity index (χ0) is 34.2. The molecule has 0 radical (unpaired) electrons. The Morgan fingerprint density at radius 3 is 1.17 bits per heavy atom. The van der Waals surface area contributed by atoms with Crippen LogP contribution < -0.4 is 9.47 Å². The maximum absolute atomic E-state index is 16.0. The summed E-state index contributed by atoms with van der Waals surface area (Å²) in [5.74, 6) is -4.72. The van der Waals surface area contributed by atoms with Crippen molar-refractivity contribution < 1.29 is 55.6 Å². The van der Waals surface area contributed by atoms with E-state index in [0.29, 0.717) is 0 Å². The summed E-state index contributed by atoms with van der Waals surface area (Å²) in [6.07, 6.45) is -10.5. The molecule has 2 heterocycles. The van der Waals surface area contributed by atoms with Gasteiger partial charge in [-0.25, -0.2) is 9.59 Å². The molecule has 0 amide bonds. The van der Waals surface area contributed by atoms with Crippen LogP contribution in [0.1, 0.15) is 54.1 Å². The lowest BCUT2D eigenvalue weighted by Gasteiger charge is -2.45. The number of carbonyl (C=O) groups is 2. The van der Waals surface area contributed by atoms with Crippen LogP contribution >= 0.6 is 0 Å². The van der Waals surface area contributed by atoms with Gasteiger partial charge in [-0.2, -0.15) is 26.3 Å². The number of rotatable bonds is 4. The first-order valence-corrected chi connectivity index (χ1v) is 14.3. The van der Waals surface area contributed by atoms with Crippen molar-refractivity contribution in [1.82, 2.24) is 0 Å². The van der Waals surface area contributed by atoms with Gasteiger partial charge in [-0.3, -0.25) is 0 Å². The molecule has 6 nitrogen and oxygen atoms in total. The molecular formula is C36H20F6O6. The molecule has 5 aromatic rings. The second kappa shape index (κ2) is 10.4. The Morgan fingerprint density at radius 2 is 0.833 bits per heavy atom. The molecule has 0 spiro atoms. The topological polar surface area (TPSA) is 93.1 Å². The fourth-order valence-corrected chi connectivity index (χ4v) is 6.87. The van der Waals surface area contributed by atoms with E-state index in [4.69, 9.17) is 9.47 Å². The second-order valence-corrected chi connectivity index (χ2v) is 11.3. The Hall–Kier alpha value is -5.78. The van der Waals surface area contributed by atoms with E-state index in [-0.39, 0.29) is 11.5 Å². The number of fused-ring (bicyclic) bond motifs is 4. The smallest absolute Gasteiger partial charge is 0.406 e. The summed E-state index contributed by atoms with van der Waals surface area (Å²) >= 11 is 0. The first-order chi connectivity index (χ1) is 22.7. The minimum Gasteiger partial charge on any atom is -0.478 e. The molecule has 242 valence electrons. The van der Waals surface area contributed by atoms with E-state index in [1.165, 1.54) is 36.4 Å². The fourth-order valence-electron chi connectivity index (χ4n) is 6.87. The van der Waals surface area contributed by atoms with Crippen LogP contribution in [0, 0.1) is 0 Å². The van der Waals surface area contributed by atoms with Gasteiger partial charge in [0, 0.05) is 28.3 Å². The number of alkyl halides is 6. The van der Waals surface area contributed by atoms with Crippen LogP contribution in [0.5, 0.6) is 23.0 Å². The predicted molar refractivity (Wildman–Crippen MR) is 158 cm³/mol. The van der Waals surface area contributed by atoms with Crippen molar-refractivity contribution in [2.45, 2.75) is 23.2 Å². The Balaban J connectivity index is 1.67. The summed E-state index contributed by atoms with van der Waals surface area (Å²) in [4.78, 5) is 23.9. The van der Waals surface area contributed by atoms with Crippen molar-refractivity contribution in [3.8, 4) is 23.0 Å². The molecule has 0 aliphatic carbocycles. The van der Waals surface area contributed by atoms with Gasteiger partial charge in [-0.1, -0.05) is 60.7 Å². The minimum absolute atomic E-state index is 0.360. The number of hydrogen-bond acceptors (Lipinski definition) is 4. The summed E-state index contributed by atoms with van der Waals surface area (Å²) in [6.45, 7) is 0. The van der Waals surface area contributed by atoms with Crippen LogP contribution in [0.15, 0.2) is 109 Å². The molecule has 0 bridgehead atoms. The molecule has 0 aromatic heterocycles. The zero-order valence-electron chi connectivity index (χ0n) is 24.2. The molecule has 0 saturated heterocycles. The van der Waals surface area contributed by atoms with Crippen molar-refractivity contribution in [1.29, 1.82) is 0 Å². The minimum atomic E-state index is -5.27. The molecule has 0 fully saturated rings. The molecule has 2 aliphatic rings. The average molecular weight is 663 g/mol. The monoisotopic (exact) mass is 662 g/mol. The largest absolute Gasteiger partial charge is 0.478 e. The van der Waals surface area contributed by atoms with Crippen LogP contribution in [0.25, 0.3) is 0 Å². The molecule has 2 N–H and O–H groups in total. The van der Waals surface area contributed by atoms with Crippen LogP contribution in [-0.4, -0.2) is 34.5 Å². The molecule has 5 aromatic carbocycles. The number of carboxylic acids is 2. The lowest BCUT2D eigenvalue weighted by atomic mass is 9.62. The van der Waals surface area contributed by atoms with E-state index in [9.17, 15) is 19.8 Å². The van der Waals surface area contributed by atoms with Crippen molar-refractivity contribution in [3.05, 3.63) is 154 Å². The predicted octanol–water partition coefficient (Wildman–Crippen LogP) is 9.09. The van der Waals surface area contributed by atoms with E-state index in [2.05, 4.69) is 0 Å². The number of carboxylic acid groups (broad SMARTS) is 2. The van der Waals surface area contributed by atoms with Gasteiger partial charge >= 0.3 is 24.3 Å². The summed E-state index contributed by atoms with van der Waals surface area (Å²) in [7, 11) is 0. The standard InChI is InChI=1S/C36H20F6O6/c37-35(38,39)33(21-7-3-1-4-8-21)23-15-19(31(43)44)11-13-27(23)47-29-18-30-26(17-25(29)33)34(36(40,41)42,22-9-5-2-6-10-22)24-16-20(32(45)46)12-14-28(24)48-30/h1-18H,(H,43,44)(H,45,46). The maximum Gasteiger partial charge on any atom is 0.406 e. The zero-order valence-corrected chi connectivity index (χ0v) is 24.2. The third-order valence-corrected chi connectivity index (χ3v) is 8.85. The van der Waals surface area contributed by atoms with Crippen LogP contribution in [0.4, 0.5) is 26.3 Å². The van der Waals surface area contributed by atoms with Gasteiger partial charge in [-0.15, -0.1) is 0 Å². The fraction of sp³-hybridized carbons (Fsp3) is 0.111. The summed E-state index contributed by atoms with van der Waals surface area (Å²) in [5.41, 5.74) is -11.1. The van der Waals surface area contributed by atoms with Crippen LogP contribution in [0.2, 0.25) is 0 Å². The van der Waals surface area contributed by atoms with E-state index in [1.807, 2.05) is 0 Å². The number of aromatic carboxylic acids is 2. The third kappa shape index (κ3) is 4.14. The van der Waals surface area contributed by atoms with Crippen LogP contribution in [0.3, 0.4) is 0 Å². The highest BCUT2D eigenvalue weighted by Crippen LogP contribution is 2.64. The Morgan fingerprint density at radius 1 is 0.479 bits per heavy atom. The Bertz CT molecular complexity index is 1980. The summed E-state index contributed by atoms with van der Waals surface area (Å²) in [5, 5.41) is 19.4. The molecule has 2 aliphatic heterocycles. The molecule has 7 rings (SSSR count).